The van der Waals surface area contributed by atoms with E-state index in [1.807, 2.05) is 0 Å². The van der Waals surface area contributed by atoms with Gasteiger partial charge in [-0.25, -0.2) is 4.79 Å². The van der Waals surface area contributed by atoms with Crippen molar-refractivity contribution in [3.8, 4) is 0 Å². The van der Waals surface area contributed by atoms with Crippen LogP contribution in [0.2, 0.25) is 0 Å². The third-order valence-corrected chi connectivity index (χ3v) is 4.06. The highest BCUT2D eigenvalue weighted by atomic mass is 16.4. The van der Waals surface area contributed by atoms with E-state index in [2.05, 4.69) is 10.6 Å². The number of hydrogen-bond donors (Lipinski definition) is 3. The van der Waals surface area contributed by atoms with E-state index in [0.717, 1.165) is 25.7 Å². The van der Waals surface area contributed by atoms with Crippen LogP contribution in [-0.2, 0) is 9.59 Å². The normalized spacial score (nSPS) is 25.0. The van der Waals surface area contributed by atoms with Crippen molar-refractivity contribution < 1.29 is 19.5 Å². The first-order valence-corrected chi connectivity index (χ1v) is 7.51. The molecule has 0 spiro atoms. The summed E-state index contributed by atoms with van der Waals surface area (Å²) in [7, 11) is 1.54. The molecule has 0 aromatic carbocycles. The van der Waals surface area contributed by atoms with E-state index < -0.39 is 11.9 Å². The van der Waals surface area contributed by atoms with Crippen molar-refractivity contribution in [3.05, 3.63) is 0 Å². The summed E-state index contributed by atoms with van der Waals surface area (Å²) in [5, 5.41) is 14.7. The Balaban J connectivity index is 1.80. The van der Waals surface area contributed by atoms with Crippen molar-refractivity contribution in [1.82, 2.24) is 15.5 Å². The molecule has 0 aliphatic heterocycles. The Morgan fingerprint density at radius 2 is 1.76 bits per heavy atom. The maximum absolute atomic E-state index is 12.1. The highest BCUT2D eigenvalue weighted by Gasteiger charge is 2.32. The van der Waals surface area contributed by atoms with E-state index in [1.54, 1.807) is 7.05 Å². The van der Waals surface area contributed by atoms with Gasteiger partial charge in [-0.3, -0.25) is 9.59 Å². The summed E-state index contributed by atoms with van der Waals surface area (Å²) in [5.41, 5.74) is 0. The van der Waals surface area contributed by atoms with Gasteiger partial charge >= 0.3 is 12.0 Å². The fraction of sp³-hybridized carbons (Fsp3) is 0.786. The van der Waals surface area contributed by atoms with Crippen LogP contribution in [0, 0.1) is 5.92 Å². The summed E-state index contributed by atoms with van der Waals surface area (Å²) in [4.78, 5) is 36.2. The van der Waals surface area contributed by atoms with Crippen molar-refractivity contribution in [1.29, 1.82) is 0 Å². The number of rotatable bonds is 5. The minimum atomic E-state index is -0.867. The first-order valence-electron chi connectivity index (χ1n) is 7.51. The van der Waals surface area contributed by atoms with E-state index in [9.17, 15) is 19.5 Å². The molecule has 7 heteroatoms. The predicted octanol–water partition coefficient (Wildman–Crippen LogP) is 0.550. The first kappa shape index (κ1) is 15.6. The van der Waals surface area contributed by atoms with Crippen molar-refractivity contribution in [2.24, 2.45) is 5.92 Å². The maximum atomic E-state index is 12.1. The van der Waals surface area contributed by atoms with E-state index in [0.29, 0.717) is 12.8 Å². The number of carboxylic acids is 1. The second-order valence-corrected chi connectivity index (χ2v) is 5.98. The van der Waals surface area contributed by atoms with Crippen LogP contribution in [0.15, 0.2) is 0 Å². The Morgan fingerprint density at radius 1 is 1.10 bits per heavy atom. The molecular weight excluding hydrogens is 274 g/mol. The summed E-state index contributed by atoms with van der Waals surface area (Å²) in [6, 6.07) is -0.472. The molecule has 0 bridgehead atoms. The fourth-order valence-corrected chi connectivity index (χ4v) is 2.66. The number of urea groups is 1. The number of hydrogen-bond acceptors (Lipinski definition) is 3. The molecule has 0 aromatic heterocycles. The standard InChI is InChI=1S/C14H23N3O4/c1-17(8-12(18)15-9-6-7-9)14(21)16-11-5-3-2-4-10(11)13(19)20/h9-11H,2-8H2,1H3,(H,15,18)(H,16,21)(H,19,20). The lowest BCUT2D eigenvalue weighted by Crippen LogP contribution is -2.51. The number of aliphatic carboxylic acids is 1. The monoisotopic (exact) mass is 297 g/mol. The summed E-state index contributed by atoms with van der Waals surface area (Å²) in [6.07, 6.45) is 5.06. The largest absolute Gasteiger partial charge is 0.481 e. The molecule has 3 amide bonds. The number of carboxylic acid groups (broad SMARTS) is 1. The van der Waals surface area contributed by atoms with Gasteiger partial charge in [0.2, 0.25) is 5.91 Å². The van der Waals surface area contributed by atoms with E-state index in [1.165, 1.54) is 4.90 Å². The van der Waals surface area contributed by atoms with Gasteiger partial charge in [0.15, 0.2) is 0 Å². The van der Waals surface area contributed by atoms with Crippen LogP contribution in [-0.4, -0.2) is 53.6 Å². The number of carbonyl (C=O) groups excluding carboxylic acids is 2. The van der Waals surface area contributed by atoms with Crippen LogP contribution in [0.25, 0.3) is 0 Å². The van der Waals surface area contributed by atoms with Crippen LogP contribution >= 0.6 is 0 Å². The van der Waals surface area contributed by atoms with E-state index in [4.69, 9.17) is 0 Å². The van der Waals surface area contributed by atoms with Gasteiger partial charge in [-0.15, -0.1) is 0 Å². The molecule has 7 nitrogen and oxygen atoms in total. The fourth-order valence-electron chi connectivity index (χ4n) is 2.66. The van der Waals surface area contributed by atoms with E-state index >= 15 is 0 Å². The zero-order valence-corrected chi connectivity index (χ0v) is 12.3. The van der Waals surface area contributed by atoms with Gasteiger partial charge in [-0.05, 0) is 25.7 Å². The molecule has 2 aliphatic rings. The molecule has 2 aliphatic carbocycles. The second kappa shape index (κ2) is 6.78. The second-order valence-electron chi connectivity index (χ2n) is 5.98. The molecule has 2 saturated carbocycles. The summed E-state index contributed by atoms with van der Waals surface area (Å²) in [6.45, 7) is -0.00715. The van der Waals surface area contributed by atoms with Gasteiger partial charge in [0.1, 0.15) is 6.54 Å². The Kier molecular flexibility index (Phi) is 5.03. The average molecular weight is 297 g/mol. The van der Waals surface area contributed by atoms with Crippen LogP contribution < -0.4 is 10.6 Å². The molecular formula is C14H23N3O4. The van der Waals surface area contributed by atoms with Crippen LogP contribution in [0.5, 0.6) is 0 Å². The molecule has 0 radical (unpaired) electrons. The van der Waals surface area contributed by atoms with E-state index in [-0.39, 0.29) is 30.6 Å². The van der Waals surface area contributed by atoms with Crippen LogP contribution in [0.4, 0.5) is 4.79 Å². The zero-order valence-electron chi connectivity index (χ0n) is 12.3. The zero-order chi connectivity index (χ0) is 15.4. The Labute approximate surface area is 124 Å². The minimum Gasteiger partial charge on any atom is -0.481 e. The molecule has 2 fully saturated rings. The van der Waals surface area contributed by atoms with Gasteiger partial charge < -0.3 is 20.6 Å². The number of likely N-dealkylation sites (N-methyl/N-ethyl adjacent to an activating group) is 1. The molecule has 2 rings (SSSR count). The average Bonchev–Trinajstić information content (AvgIpc) is 3.22. The first-order chi connectivity index (χ1) is 9.97. The molecule has 0 saturated heterocycles. The molecule has 3 N–H and O–H groups in total. The number of carbonyl (C=O) groups is 3. The lowest BCUT2D eigenvalue weighted by Gasteiger charge is -2.30. The quantitative estimate of drug-likeness (QED) is 0.690. The minimum absolute atomic E-state index is 0.00715. The lowest BCUT2D eigenvalue weighted by atomic mass is 9.84. The Bertz CT molecular complexity index is 422. The third kappa shape index (κ3) is 4.61. The Morgan fingerprint density at radius 3 is 2.38 bits per heavy atom. The maximum Gasteiger partial charge on any atom is 0.317 e. The van der Waals surface area contributed by atoms with Crippen LogP contribution in [0.1, 0.15) is 38.5 Å². The number of nitrogens with one attached hydrogen (secondary N) is 2. The topological polar surface area (TPSA) is 98.7 Å². The smallest absolute Gasteiger partial charge is 0.317 e. The summed E-state index contributed by atoms with van der Waals surface area (Å²) >= 11 is 0. The van der Waals surface area contributed by atoms with Gasteiger partial charge in [0.05, 0.1) is 5.92 Å². The SMILES string of the molecule is CN(CC(=O)NC1CC1)C(=O)NC1CCCCC1C(=O)O. The van der Waals surface area contributed by atoms with Crippen LogP contribution in [0.3, 0.4) is 0 Å². The van der Waals surface area contributed by atoms with Gasteiger partial charge in [-0.1, -0.05) is 12.8 Å². The number of amides is 3. The third-order valence-electron chi connectivity index (χ3n) is 4.06. The van der Waals surface area contributed by atoms with Crippen molar-refractivity contribution in [3.63, 3.8) is 0 Å². The Hall–Kier alpha value is -1.79. The highest BCUT2D eigenvalue weighted by Crippen LogP contribution is 2.24. The molecule has 0 aromatic rings. The number of nitrogens with zero attached hydrogens (tertiary/aromatic N) is 1. The molecule has 21 heavy (non-hydrogen) atoms. The van der Waals surface area contributed by atoms with Crippen molar-refractivity contribution in [2.75, 3.05) is 13.6 Å². The predicted molar refractivity (Wildman–Crippen MR) is 75.7 cm³/mol. The molecule has 2 atom stereocenters. The lowest BCUT2D eigenvalue weighted by molar-refractivity contribution is -0.143. The van der Waals surface area contributed by atoms with Gasteiger partial charge in [0, 0.05) is 19.1 Å². The van der Waals surface area contributed by atoms with Gasteiger partial charge in [-0.2, -0.15) is 0 Å². The molecule has 0 heterocycles. The molecule has 2 unspecified atom stereocenters. The summed E-state index contributed by atoms with van der Waals surface area (Å²) in [5.74, 6) is -1.57. The van der Waals surface area contributed by atoms with Crippen molar-refractivity contribution >= 4 is 17.9 Å². The van der Waals surface area contributed by atoms with Gasteiger partial charge in [0.25, 0.3) is 0 Å². The van der Waals surface area contributed by atoms with Crippen molar-refractivity contribution in [2.45, 2.75) is 50.6 Å². The highest BCUT2D eigenvalue weighted by molar-refractivity contribution is 5.84. The molecule has 118 valence electrons. The summed E-state index contributed by atoms with van der Waals surface area (Å²) < 4.78 is 0.